The summed E-state index contributed by atoms with van der Waals surface area (Å²) in [7, 11) is 0. The molecule has 0 aliphatic rings. The number of carbonyl (C=O) groups is 2. The van der Waals surface area contributed by atoms with Gasteiger partial charge in [0.05, 0.1) is 0 Å². The van der Waals surface area contributed by atoms with Gasteiger partial charge in [0.25, 0.3) is 5.91 Å². The molecule has 2 aromatic carbocycles. The molecule has 0 unspecified atom stereocenters. The Kier molecular flexibility index (Phi) is 6.92. The van der Waals surface area contributed by atoms with Gasteiger partial charge in [0.1, 0.15) is 6.04 Å². The van der Waals surface area contributed by atoms with Crippen molar-refractivity contribution >= 4 is 11.8 Å². The Morgan fingerprint density at radius 1 is 0.885 bits per heavy atom. The maximum atomic E-state index is 12.6. The maximum absolute atomic E-state index is 12.6. The molecule has 0 saturated heterocycles. The summed E-state index contributed by atoms with van der Waals surface area (Å²) < 4.78 is 0. The molecule has 2 aromatic rings. The van der Waals surface area contributed by atoms with E-state index in [0.717, 1.165) is 11.1 Å². The van der Waals surface area contributed by atoms with E-state index in [1.165, 1.54) is 0 Å². The zero-order valence-electron chi connectivity index (χ0n) is 15.6. The number of amides is 2. The molecule has 0 heterocycles. The van der Waals surface area contributed by atoms with Crippen molar-refractivity contribution in [2.24, 2.45) is 5.41 Å². The van der Waals surface area contributed by atoms with Crippen molar-refractivity contribution in [2.75, 3.05) is 0 Å². The van der Waals surface area contributed by atoms with Crippen LogP contribution >= 0.6 is 0 Å². The Morgan fingerprint density at radius 3 is 1.96 bits per heavy atom. The zero-order chi connectivity index (χ0) is 19.0. The van der Waals surface area contributed by atoms with Crippen LogP contribution in [0.25, 0.3) is 0 Å². The number of rotatable bonds is 7. The number of nitrogens with one attached hydrogen (secondary N) is 3. The third-order valence-electron chi connectivity index (χ3n) is 3.93. The van der Waals surface area contributed by atoms with Crippen LogP contribution in [0.15, 0.2) is 60.7 Å². The molecular weight excluding hydrogens is 326 g/mol. The van der Waals surface area contributed by atoms with E-state index in [1.807, 2.05) is 81.4 Å². The Morgan fingerprint density at radius 2 is 1.42 bits per heavy atom. The van der Waals surface area contributed by atoms with Crippen LogP contribution in [0.2, 0.25) is 0 Å². The van der Waals surface area contributed by atoms with Crippen LogP contribution in [-0.4, -0.2) is 17.9 Å². The fraction of sp³-hybridized carbons (Fsp3) is 0.333. The summed E-state index contributed by atoms with van der Waals surface area (Å²) in [5.74, 6) is -0.418. The summed E-state index contributed by atoms with van der Waals surface area (Å²) in [6.45, 7) is 5.99. The molecule has 2 rings (SSSR count). The first kappa shape index (κ1) is 19.7. The van der Waals surface area contributed by atoms with Gasteiger partial charge in [-0.2, -0.15) is 0 Å². The van der Waals surface area contributed by atoms with Crippen LogP contribution in [0.5, 0.6) is 0 Å². The number of hydrogen-bond donors (Lipinski definition) is 3. The summed E-state index contributed by atoms with van der Waals surface area (Å²) >= 11 is 0. The average molecular weight is 353 g/mol. The third kappa shape index (κ3) is 6.33. The second-order valence-electron chi connectivity index (χ2n) is 7.29. The van der Waals surface area contributed by atoms with E-state index in [0.29, 0.717) is 13.0 Å². The van der Waals surface area contributed by atoms with Crippen LogP contribution in [0.1, 0.15) is 31.9 Å². The van der Waals surface area contributed by atoms with Crippen LogP contribution in [0.4, 0.5) is 0 Å². The number of hydrogen-bond acceptors (Lipinski definition) is 3. The Balaban J connectivity index is 1.99. The molecule has 0 radical (unpaired) electrons. The van der Waals surface area contributed by atoms with Crippen molar-refractivity contribution in [1.82, 2.24) is 16.2 Å². The summed E-state index contributed by atoms with van der Waals surface area (Å²) in [6.07, 6.45) is 0.432. The molecule has 26 heavy (non-hydrogen) atoms. The van der Waals surface area contributed by atoms with Crippen molar-refractivity contribution in [3.63, 3.8) is 0 Å². The molecule has 3 N–H and O–H groups in total. The zero-order valence-corrected chi connectivity index (χ0v) is 15.6. The molecule has 138 valence electrons. The lowest BCUT2D eigenvalue weighted by molar-refractivity contribution is -0.133. The molecule has 1 atom stereocenters. The molecule has 0 saturated carbocycles. The molecule has 2 amide bonds. The third-order valence-corrected chi connectivity index (χ3v) is 3.93. The largest absolute Gasteiger partial charge is 0.343 e. The summed E-state index contributed by atoms with van der Waals surface area (Å²) in [5, 5.41) is 2.86. The first-order valence-electron chi connectivity index (χ1n) is 8.78. The van der Waals surface area contributed by atoms with Gasteiger partial charge in [0.2, 0.25) is 5.91 Å². The van der Waals surface area contributed by atoms with Gasteiger partial charge in [-0.05, 0) is 11.1 Å². The number of carbonyl (C=O) groups excluding carboxylic acids is 2. The van der Waals surface area contributed by atoms with E-state index in [9.17, 15) is 9.59 Å². The van der Waals surface area contributed by atoms with Crippen molar-refractivity contribution in [3.8, 4) is 0 Å². The van der Waals surface area contributed by atoms with Gasteiger partial charge in [-0.1, -0.05) is 81.4 Å². The maximum Gasteiger partial charge on any atom is 0.256 e. The first-order chi connectivity index (χ1) is 12.4. The predicted molar refractivity (Wildman–Crippen MR) is 103 cm³/mol. The highest BCUT2D eigenvalue weighted by molar-refractivity contribution is 5.89. The molecule has 0 aromatic heterocycles. The molecule has 0 aliphatic heterocycles. The predicted octanol–water partition coefficient (Wildman–Crippen LogP) is 2.58. The highest BCUT2D eigenvalue weighted by Crippen LogP contribution is 2.14. The smallest absolute Gasteiger partial charge is 0.256 e. The lowest BCUT2D eigenvalue weighted by atomic mass is 9.94. The molecular formula is C21H27N3O2. The van der Waals surface area contributed by atoms with Crippen LogP contribution in [-0.2, 0) is 22.6 Å². The normalized spacial score (nSPS) is 12.3. The van der Waals surface area contributed by atoms with Crippen LogP contribution in [0, 0.1) is 5.41 Å². The minimum Gasteiger partial charge on any atom is -0.343 e. The average Bonchev–Trinajstić information content (AvgIpc) is 2.62. The topological polar surface area (TPSA) is 70.2 Å². The van der Waals surface area contributed by atoms with Gasteiger partial charge in [-0.25, -0.2) is 5.43 Å². The van der Waals surface area contributed by atoms with E-state index in [2.05, 4.69) is 16.2 Å². The second kappa shape index (κ2) is 9.15. The van der Waals surface area contributed by atoms with Gasteiger partial charge in [-0.15, -0.1) is 0 Å². The summed E-state index contributed by atoms with van der Waals surface area (Å²) in [6, 6.07) is 18.8. The highest BCUT2D eigenvalue weighted by atomic mass is 16.2. The standard InChI is InChI=1S/C21H27N3O2/c1-21(2,3)20(26)23-18(14-16-10-6-4-7-11-16)19(25)24-22-15-17-12-8-5-9-13-17/h4-13,18,22H,14-15H2,1-3H3,(H,23,26)(H,24,25)/t18-/m0/s1. The van der Waals surface area contributed by atoms with Gasteiger partial charge in [-0.3, -0.25) is 15.0 Å². The Bertz CT molecular complexity index is 709. The van der Waals surface area contributed by atoms with E-state index >= 15 is 0 Å². The Labute approximate surface area is 155 Å². The first-order valence-corrected chi connectivity index (χ1v) is 8.78. The lowest BCUT2D eigenvalue weighted by Gasteiger charge is -2.24. The van der Waals surface area contributed by atoms with Gasteiger partial charge in [0.15, 0.2) is 0 Å². The van der Waals surface area contributed by atoms with Crippen molar-refractivity contribution in [1.29, 1.82) is 0 Å². The van der Waals surface area contributed by atoms with E-state index in [4.69, 9.17) is 0 Å². The van der Waals surface area contributed by atoms with Gasteiger partial charge in [0, 0.05) is 18.4 Å². The number of benzene rings is 2. The molecule has 0 spiro atoms. The van der Waals surface area contributed by atoms with E-state index in [-0.39, 0.29) is 11.8 Å². The van der Waals surface area contributed by atoms with Crippen molar-refractivity contribution < 1.29 is 9.59 Å². The SMILES string of the molecule is CC(C)(C)C(=O)N[C@@H](Cc1ccccc1)C(=O)NNCc1ccccc1. The minimum absolute atomic E-state index is 0.156. The lowest BCUT2D eigenvalue weighted by Crippen LogP contribution is -2.53. The quantitative estimate of drug-likeness (QED) is 0.670. The number of hydrazine groups is 1. The van der Waals surface area contributed by atoms with Crippen LogP contribution < -0.4 is 16.2 Å². The summed E-state index contributed by atoms with van der Waals surface area (Å²) in [4.78, 5) is 25.0. The fourth-order valence-electron chi connectivity index (χ4n) is 2.35. The molecule has 5 heteroatoms. The molecule has 0 aliphatic carbocycles. The minimum atomic E-state index is -0.646. The van der Waals surface area contributed by atoms with E-state index in [1.54, 1.807) is 0 Å². The van der Waals surface area contributed by atoms with Crippen molar-refractivity contribution in [2.45, 2.75) is 39.8 Å². The molecule has 0 bridgehead atoms. The van der Waals surface area contributed by atoms with Gasteiger partial charge >= 0.3 is 0 Å². The monoisotopic (exact) mass is 353 g/mol. The van der Waals surface area contributed by atoms with Crippen LogP contribution in [0.3, 0.4) is 0 Å². The molecule has 0 fully saturated rings. The Hall–Kier alpha value is -2.66. The second-order valence-corrected chi connectivity index (χ2v) is 7.29. The summed E-state index contributed by atoms with van der Waals surface area (Å²) in [5.41, 5.74) is 7.12. The highest BCUT2D eigenvalue weighted by Gasteiger charge is 2.27. The van der Waals surface area contributed by atoms with Crippen molar-refractivity contribution in [3.05, 3.63) is 71.8 Å². The van der Waals surface area contributed by atoms with Gasteiger partial charge < -0.3 is 5.32 Å². The fourth-order valence-corrected chi connectivity index (χ4v) is 2.35. The van der Waals surface area contributed by atoms with E-state index < -0.39 is 11.5 Å². The molecule has 5 nitrogen and oxygen atoms in total.